The van der Waals surface area contributed by atoms with E-state index in [0.29, 0.717) is 0 Å². The summed E-state index contributed by atoms with van der Waals surface area (Å²) in [6.45, 7) is 1.15. The SMILES string of the molecule is CC(=O)c1c(Cl)cc(C#N)cc1C(F)F. The molecule has 1 aromatic rings. The molecule has 0 saturated carbocycles. The van der Waals surface area contributed by atoms with E-state index in [9.17, 15) is 13.6 Å². The minimum Gasteiger partial charge on any atom is -0.294 e. The van der Waals surface area contributed by atoms with Crippen LogP contribution >= 0.6 is 11.6 Å². The van der Waals surface area contributed by atoms with Crippen molar-refractivity contribution in [1.82, 2.24) is 0 Å². The third-order valence-electron chi connectivity index (χ3n) is 1.84. The van der Waals surface area contributed by atoms with Gasteiger partial charge < -0.3 is 0 Å². The molecule has 15 heavy (non-hydrogen) atoms. The van der Waals surface area contributed by atoms with E-state index in [0.717, 1.165) is 13.0 Å². The highest BCUT2D eigenvalue weighted by Crippen LogP contribution is 2.30. The van der Waals surface area contributed by atoms with Crippen molar-refractivity contribution < 1.29 is 13.6 Å². The van der Waals surface area contributed by atoms with Gasteiger partial charge in [-0.2, -0.15) is 5.26 Å². The number of halogens is 3. The van der Waals surface area contributed by atoms with Gasteiger partial charge in [0.1, 0.15) is 0 Å². The molecule has 0 heterocycles. The highest BCUT2D eigenvalue weighted by molar-refractivity contribution is 6.34. The van der Waals surface area contributed by atoms with E-state index >= 15 is 0 Å². The lowest BCUT2D eigenvalue weighted by atomic mass is 10.0. The summed E-state index contributed by atoms with van der Waals surface area (Å²) in [7, 11) is 0. The van der Waals surface area contributed by atoms with Crippen molar-refractivity contribution >= 4 is 17.4 Å². The standard InChI is InChI=1S/C10H6ClF2NO/c1-5(15)9-7(10(12)13)2-6(4-14)3-8(9)11/h2-3,10H,1H3. The van der Waals surface area contributed by atoms with Gasteiger partial charge in [-0.25, -0.2) is 8.78 Å². The van der Waals surface area contributed by atoms with Crippen molar-refractivity contribution in [3.63, 3.8) is 0 Å². The first-order chi connectivity index (χ1) is 6.97. The van der Waals surface area contributed by atoms with Crippen LogP contribution in [0.2, 0.25) is 5.02 Å². The Morgan fingerprint density at radius 2 is 2.13 bits per heavy atom. The summed E-state index contributed by atoms with van der Waals surface area (Å²) in [6, 6.07) is 3.88. The third kappa shape index (κ3) is 2.31. The van der Waals surface area contributed by atoms with E-state index < -0.39 is 17.8 Å². The summed E-state index contributed by atoms with van der Waals surface area (Å²) >= 11 is 5.65. The van der Waals surface area contributed by atoms with Crippen LogP contribution < -0.4 is 0 Å². The summed E-state index contributed by atoms with van der Waals surface area (Å²) in [5.74, 6) is -0.542. The summed E-state index contributed by atoms with van der Waals surface area (Å²) in [5, 5.41) is 8.45. The molecule has 0 bridgehead atoms. The van der Waals surface area contributed by atoms with E-state index in [2.05, 4.69) is 0 Å². The maximum Gasteiger partial charge on any atom is 0.264 e. The van der Waals surface area contributed by atoms with Crippen molar-refractivity contribution in [1.29, 1.82) is 5.26 Å². The number of nitrogens with zero attached hydrogens (tertiary/aromatic N) is 1. The Hall–Kier alpha value is -1.47. The van der Waals surface area contributed by atoms with E-state index in [1.54, 1.807) is 6.07 Å². The molecule has 78 valence electrons. The molecule has 0 spiro atoms. The number of rotatable bonds is 2. The molecule has 0 amide bonds. The number of Topliss-reactive ketones (excluding diaryl/α,β-unsaturated/α-hetero) is 1. The minimum absolute atomic E-state index is 0.0142. The van der Waals surface area contributed by atoms with Crippen molar-refractivity contribution in [3.05, 3.63) is 33.8 Å². The fourth-order valence-corrected chi connectivity index (χ4v) is 1.60. The predicted molar refractivity (Wildman–Crippen MR) is 51.1 cm³/mol. The first-order valence-corrected chi connectivity index (χ1v) is 4.37. The maximum absolute atomic E-state index is 12.6. The molecular weight excluding hydrogens is 224 g/mol. The molecule has 0 N–H and O–H groups in total. The van der Waals surface area contributed by atoms with Crippen LogP contribution in [0.5, 0.6) is 0 Å². The second-order valence-corrected chi connectivity index (χ2v) is 3.30. The summed E-state index contributed by atoms with van der Waals surface area (Å²) < 4.78 is 25.1. The molecule has 2 nitrogen and oxygen atoms in total. The lowest BCUT2D eigenvalue weighted by Gasteiger charge is -2.08. The number of hydrogen-bond acceptors (Lipinski definition) is 2. The monoisotopic (exact) mass is 229 g/mol. The number of carbonyl (C=O) groups is 1. The van der Waals surface area contributed by atoms with Gasteiger partial charge in [-0.15, -0.1) is 0 Å². The fourth-order valence-electron chi connectivity index (χ4n) is 1.24. The van der Waals surface area contributed by atoms with E-state index in [-0.39, 0.29) is 16.1 Å². The van der Waals surface area contributed by atoms with Gasteiger partial charge in [-0.3, -0.25) is 4.79 Å². The third-order valence-corrected chi connectivity index (χ3v) is 2.14. The molecule has 1 rings (SSSR count). The van der Waals surface area contributed by atoms with Gasteiger partial charge in [-0.05, 0) is 19.1 Å². The van der Waals surface area contributed by atoms with Gasteiger partial charge >= 0.3 is 0 Å². The number of carbonyl (C=O) groups excluding carboxylic acids is 1. The Kier molecular flexibility index (Phi) is 3.38. The lowest BCUT2D eigenvalue weighted by molar-refractivity contribution is 0.0999. The maximum atomic E-state index is 12.6. The first kappa shape index (κ1) is 11.6. The van der Waals surface area contributed by atoms with Crippen molar-refractivity contribution in [2.75, 3.05) is 0 Å². The van der Waals surface area contributed by atoms with Gasteiger partial charge in [0.2, 0.25) is 0 Å². The van der Waals surface area contributed by atoms with Crippen LogP contribution in [0.1, 0.15) is 34.8 Å². The van der Waals surface area contributed by atoms with Crippen LogP contribution in [-0.4, -0.2) is 5.78 Å². The van der Waals surface area contributed by atoms with E-state index in [4.69, 9.17) is 16.9 Å². The van der Waals surface area contributed by atoms with E-state index in [1.807, 2.05) is 0 Å². The molecule has 1 aromatic carbocycles. The Labute approximate surface area is 90.1 Å². The second-order valence-electron chi connectivity index (χ2n) is 2.89. The molecule has 0 aliphatic heterocycles. The van der Waals surface area contributed by atoms with Crippen molar-refractivity contribution in [2.24, 2.45) is 0 Å². The fraction of sp³-hybridized carbons (Fsp3) is 0.200. The molecule has 0 unspecified atom stereocenters. The zero-order valence-corrected chi connectivity index (χ0v) is 8.48. The number of ketones is 1. The molecule has 0 atom stereocenters. The minimum atomic E-state index is -2.82. The largest absolute Gasteiger partial charge is 0.294 e. The Balaban J connectivity index is 3.51. The van der Waals surface area contributed by atoms with Gasteiger partial charge in [0.15, 0.2) is 5.78 Å². The number of nitriles is 1. The van der Waals surface area contributed by atoms with Gasteiger partial charge in [-0.1, -0.05) is 11.6 Å². The topological polar surface area (TPSA) is 40.9 Å². The Morgan fingerprint density at radius 3 is 2.53 bits per heavy atom. The average Bonchev–Trinajstić information content (AvgIpc) is 2.15. The molecule has 0 radical (unpaired) electrons. The van der Waals surface area contributed by atoms with Crippen LogP contribution in [0.4, 0.5) is 8.78 Å². The molecule has 5 heteroatoms. The van der Waals surface area contributed by atoms with Crippen LogP contribution in [-0.2, 0) is 0 Å². The zero-order chi connectivity index (χ0) is 11.6. The normalized spacial score (nSPS) is 10.1. The summed E-state index contributed by atoms with van der Waals surface area (Å²) in [5.41, 5.74) is -0.697. The molecule has 0 fully saturated rings. The average molecular weight is 230 g/mol. The number of benzene rings is 1. The Morgan fingerprint density at radius 1 is 1.53 bits per heavy atom. The summed E-state index contributed by atoms with van der Waals surface area (Å²) in [6.07, 6.45) is -2.82. The molecule has 0 saturated heterocycles. The highest BCUT2D eigenvalue weighted by atomic mass is 35.5. The zero-order valence-electron chi connectivity index (χ0n) is 7.72. The van der Waals surface area contributed by atoms with Crippen LogP contribution in [0.25, 0.3) is 0 Å². The summed E-state index contributed by atoms with van der Waals surface area (Å²) in [4.78, 5) is 11.1. The van der Waals surface area contributed by atoms with E-state index in [1.165, 1.54) is 6.07 Å². The quantitative estimate of drug-likeness (QED) is 0.730. The first-order valence-electron chi connectivity index (χ1n) is 4.00. The van der Waals surface area contributed by atoms with Crippen LogP contribution in [0, 0.1) is 11.3 Å². The lowest BCUT2D eigenvalue weighted by Crippen LogP contribution is -2.02. The molecular formula is C10H6ClF2NO. The van der Waals surface area contributed by atoms with Crippen molar-refractivity contribution in [3.8, 4) is 6.07 Å². The molecule has 0 aromatic heterocycles. The van der Waals surface area contributed by atoms with Crippen LogP contribution in [0.15, 0.2) is 12.1 Å². The number of hydrogen-bond donors (Lipinski definition) is 0. The predicted octanol–water partition coefficient (Wildman–Crippen LogP) is 3.35. The van der Waals surface area contributed by atoms with Gasteiger partial charge in [0.25, 0.3) is 6.43 Å². The second kappa shape index (κ2) is 4.37. The molecule has 0 aliphatic rings. The molecule has 0 aliphatic carbocycles. The highest BCUT2D eigenvalue weighted by Gasteiger charge is 2.20. The van der Waals surface area contributed by atoms with Gasteiger partial charge in [0.05, 0.1) is 16.7 Å². The smallest absolute Gasteiger partial charge is 0.264 e. The Bertz CT molecular complexity index is 451. The van der Waals surface area contributed by atoms with Gasteiger partial charge in [0, 0.05) is 11.1 Å². The van der Waals surface area contributed by atoms with Crippen LogP contribution in [0.3, 0.4) is 0 Å². The number of alkyl halides is 2. The van der Waals surface area contributed by atoms with Crippen molar-refractivity contribution in [2.45, 2.75) is 13.3 Å².